The van der Waals surface area contributed by atoms with E-state index in [1.807, 2.05) is 24.3 Å². The molecule has 2 atom stereocenters. The zero-order valence-electron chi connectivity index (χ0n) is 19.4. The maximum Gasteiger partial charge on any atom is 0.417 e. The molecule has 1 aliphatic carbocycles. The van der Waals surface area contributed by atoms with Gasteiger partial charge in [0.1, 0.15) is 12.2 Å². The second kappa shape index (κ2) is 8.34. The molecule has 36 heavy (non-hydrogen) atoms. The molecule has 3 aromatic rings. The largest absolute Gasteiger partial charge is 0.448 e. The first kappa shape index (κ1) is 23.0. The normalized spacial score (nSPS) is 24.9. The molecule has 2 aliphatic heterocycles. The van der Waals surface area contributed by atoms with Gasteiger partial charge in [-0.25, -0.2) is 4.79 Å². The highest BCUT2D eigenvalue weighted by Gasteiger charge is 2.51. The van der Waals surface area contributed by atoms with Gasteiger partial charge < -0.3 is 14.7 Å². The van der Waals surface area contributed by atoms with Crippen molar-refractivity contribution < 1.29 is 27.8 Å². The predicted octanol–water partition coefficient (Wildman–Crippen LogP) is 5.86. The number of pyridine rings is 1. The van der Waals surface area contributed by atoms with Crippen LogP contribution in [0.2, 0.25) is 0 Å². The first-order valence-electron chi connectivity index (χ1n) is 12.1. The number of ether oxygens (including phenoxy) is 1. The Kier molecular flexibility index (Phi) is 5.33. The molecule has 2 bridgehead atoms. The van der Waals surface area contributed by atoms with E-state index in [4.69, 9.17) is 4.74 Å². The van der Waals surface area contributed by atoms with Gasteiger partial charge in [-0.05, 0) is 47.2 Å². The van der Waals surface area contributed by atoms with Crippen molar-refractivity contribution in [2.24, 2.45) is 0 Å². The lowest BCUT2D eigenvalue weighted by Gasteiger charge is -2.43. The predicted molar refractivity (Wildman–Crippen MR) is 126 cm³/mol. The summed E-state index contributed by atoms with van der Waals surface area (Å²) < 4.78 is 44.6. The van der Waals surface area contributed by atoms with E-state index in [0.29, 0.717) is 12.8 Å². The Morgan fingerprint density at radius 1 is 0.972 bits per heavy atom. The van der Waals surface area contributed by atoms with Gasteiger partial charge in [-0.15, -0.1) is 0 Å². The van der Waals surface area contributed by atoms with E-state index < -0.39 is 23.4 Å². The summed E-state index contributed by atoms with van der Waals surface area (Å²) in [5.41, 5.74) is 2.55. The number of carbonyl (C=O) groups excluding carboxylic acids is 1. The summed E-state index contributed by atoms with van der Waals surface area (Å²) in [7, 11) is 0. The van der Waals surface area contributed by atoms with Crippen LogP contribution in [0.5, 0.6) is 0 Å². The summed E-state index contributed by atoms with van der Waals surface area (Å²) in [4.78, 5) is 18.9. The number of nitrogens with zero attached hydrogens (tertiary/aromatic N) is 2. The van der Waals surface area contributed by atoms with Gasteiger partial charge in [-0.2, -0.15) is 13.2 Å². The van der Waals surface area contributed by atoms with Crippen LogP contribution in [0.1, 0.15) is 54.0 Å². The number of hydrogen-bond donors (Lipinski definition) is 1. The molecule has 2 unspecified atom stereocenters. The van der Waals surface area contributed by atoms with Crippen molar-refractivity contribution in [1.29, 1.82) is 0 Å². The van der Waals surface area contributed by atoms with Gasteiger partial charge in [0, 0.05) is 37.0 Å². The summed E-state index contributed by atoms with van der Waals surface area (Å²) in [5.74, 6) is -0.0444. The first-order valence-corrected chi connectivity index (χ1v) is 12.1. The van der Waals surface area contributed by atoms with Crippen LogP contribution in [0.15, 0.2) is 66.9 Å². The van der Waals surface area contributed by atoms with Crippen LogP contribution in [0.25, 0.3) is 11.1 Å². The van der Waals surface area contributed by atoms with Crippen molar-refractivity contribution in [3.05, 3.63) is 89.2 Å². The zero-order chi connectivity index (χ0) is 25.1. The minimum absolute atomic E-state index is 0.0444. The van der Waals surface area contributed by atoms with E-state index in [9.17, 15) is 23.1 Å². The number of piperidine rings is 1. The van der Waals surface area contributed by atoms with Gasteiger partial charge >= 0.3 is 12.3 Å². The summed E-state index contributed by atoms with van der Waals surface area (Å²) in [5, 5.41) is 11.3. The SMILES string of the molecule is O=C(OCC1c2ccccc2-c2ccccc21)N1C2CCC1CC(O)(c1ccc(C(F)(F)F)cn1)C2. The van der Waals surface area contributed by atoms with Gasteiger partial charge in [0.25, 0.3) is 0 Å². The van der Waals surface area contributed by atoms with Crippen LogP contribution in [0.4, 0.5) is 18.0 Å². The van der Waals surface area contributed by atoms with Gasteiger partial charge in [0.15, 0.2) is 0 Å². The molecule has 2 saturated heterocycles. The summed E-state index contributed by atoms with van der Waals surface area (Å²) in [6.45, 7) is 0.216. The van der Waals surface area contributed by atoms with Crippen molar-refractivity contribution >= 4 is 6.09 Å². The maximum absolute atomic E-state index is 13.2. The molecule has 186 valence electrons. The highest BCUT2D eigenvalue weighted by atomic mass is 19.4. The maximum atomic E-state index is 13.2. The number of rotatable bonds is 3. The minimum Gasteiger partial charge on any atom is -0.448 e. The average molecular weight is 495 g/mol. The molecule has 1 amide bonds. The van der Waals surface area contributed by atoms with Crippen molar-refractivity contribution in [1.82, 2.24) is 9.88 Å². The van der Waals surface area contributed by atoms with Crippen molar-refractivity contribution in [2.75, 3.05) is 6.61 Å². The monoisotopic (exact) mass is 494 g/mol. The lowest BCUT2D eigenvalue weighted by molar-refractivity contribution is -0.138. The third kappa shape index (κ3) is 3.75. The van der Waals surface area contributed by atoms with Crippen LogP contribution >= 0.6 is 0 Å². The molecule has 0 radical (unpaired) electrons. The standard InChI is InChI=1S/C28H25F3N2O3/c29-28(30,31)17-9-12-25(32-15-17)27(35)13-18-10-11-19(14-27)33(18)26(34)36-16-24-22-7-3-1-5-20(22)21-6-2-4-8-23(21)24/h1-9,12,15,18-19,24,35H,10-11,13-14,16H2. The molecule has 8 heteroatoms. The fourth-order valence-electron chi connectivity index (χ4n) is 6.24. The molecule has 3 heterocycles. The number of benzene rings is 2. The number of hydrogen-bond acceptors (Lipinski definition) is 4. The van der Waals surface area contributed by atoms with Crippen LogP contribution in [0, 0.1) is 0 Å². The Bertz CT molecular complexity index is 1250. The Hall–Kier alpha value is -3.39. The van der Waals surface area contributed by atoms with E-state index in [0.717, 1.165) is 34.5 Å². The Balaban J connectivity index is 1.16. The van der Waals surface area contributed by atoms with Crippen molar-refractivity contribution in [3.63, 3.8) is 0 Å². The highest BCUT2D eigenvalue weighted by molar-refractivity contribution is 5.79. The quantitative estimate of drug-likeness (QED) is 0.495. The van der Waals surface area contributed by atoms with E-state index >= 15 is 0 Å². The Morgan fingerprint density at radius 2 is 1.56 bits per heavy atom. The van der Waals surface area contributed by atoms with Crippen LogP contribution < -0.4 is 0 Å². The van der Waals surface area contributed by atoms with Crippen LogP contribution in [-0.4, -0.2) is 39.8 Å². The fourth-order valence-corrected chi connectivity index (χ4v) is 6.24. The molecule has 5 nitrogen and oxygen atoms in total. The summed E-state index contributed by atoms with van der Waals surface area (Å²) in [6.07, 6.45) is -2.30. The Morgan fingerprint density at radius 3 is 2.08 bits per heavy atom. The smallest absolute Gasteiger partial charge is 0.417 e. The minimum atomic E-state index is -4.49. The summed E-state index contributed by atoms with van der Waals surface area (Å²) >= 11 is 0. The van der Waals surface area contributed by atoms with Gasteiger partial charge in [0.05, 0.1) is 11.3 Å². The number of aromatic nitrogens is 1. The van der Waals surface area contributed by atoms with E-state index in [-0.39, 0.29) is 43.1 Å². The number of fused-ring (bicyclic) bond motifs is 5. The average Bonchev–Trinajstić information content (AvgIpc) is 3.34. The molecular formula is C28H25F3N2O3. The van der Waals surface area contributed by atoms with E-state index in [2.05, 4.69) is 29.2 Å². The second-order valence-corrected chi connectivity index (χ2v) is 9.97. The van der Waals surface area contributed by atoms with Crippen LogP contribution in [-0.2, 0) is 16.5 Å². The molecule has 3 aliphatic rings. The van der Waals surface area contributed by atoms with Gasteiger partial charge in [-0.1, -0.05) is 48.5 Å². The van der Waals surface area contributed by atoms with E-state index in [1.54, 1.807) is 4.90 Å². The highest BCUT2D eigenvalue weighted by Crippen LogP contribution is 2.47. The van der Waals surface area contributed by atoms with Crippen molar-refractivity contribution in [3.8, 4) is 11.1 Å². The molecule has 0 saturated carbocycles. The molecular weight excluding hydrogens is 469 g/mol. The molecule has 6 rings (SSSR count). The molecule has 2 aromatic carbocycles. The van der Waals surface area contributed by atoms with E-state index in [1.165, 1.54) is 6.07 Å². The first-order chi connectivity index (χ1) is 17.2. The topological polar surface area (TPSA) is 62.7 Å². The number of halogens is 3. The molecule has 1 aromatic heterocycles. The second-order valence-electron chi connectivity index (χ2n) is 9.97. The van der Waals surface area contributed by atoms with Gasteiger partial charge in [0.2, 0.25) is 0 Å². The number of alkyl halides is 3. The molecule has 2 fully saturated rings. The Labute approximate surface area is 206 Å². The zero-order valence-corrected chi connectivity index (χ0v) is 19.4. The third-order valence-corrected chi connectivity index (χ3v) is 7.88. The number of amides is 1. The fraction of sp³-hybridized carbons (Fsp3) is 0.357. The summed E-state index contributed by atoms with van der Waals surface area (Å²) in [6, 6.07) is 17.9. The lowest BCUT2D eigenvalue weighted by atomic mass is 9.83. The third-order valence-electron chi connectivity index (χ3n) is 7.88. The lowest BCUT2D eigenvalue weighted by Crippen LogP contribution is -2.52. The molecule has 0 spiro atoms. The molecule has 1 N–H and O–H groups in total. The van der Waals surface area contributed by atoms with Crippen LogP contribution in [0.3, 0.4) is 0 Å². The number of carbonyl (C=O) groups is 1. The number of aliphatic hydroxyl groups is 1. The van der Waals surface area contributed by atoms with Crippen molar-refractivity contribution in [2.45, 2.75) is 55.5 Å². The van der Waals surface area contributed by atoms with Gasteiger partial charge in [-0.3, -0.25) is 4.98 Å².